The van der Waals surface area contributed by atoms with Crippen molar-refractivity contribution in [1.82, 2.24) is 10.2 Å². The number of hydrogen-bond donors (Lipinski definition) is 2. The Morgan fingerprint density at radius 1 is 1.40 bits per heavy atom. The summed E-state index contributed by atoms with van der Waals surface area (Å²) in [5, 5.41) is 2.90. The van der Waals surface area contributed by atoms with Crippen LogP contribution < -0.4 is 10.2 Å². The van der Waals surface area contributed by atoms with Crippen molar-refractivity contribution in [2.75, 3.05) is 46.9 Å². The van der Waals surface area contributed by atoms with Gasteiger partial charge in [-0.1, -0.05) is 0 Å². The molecule has 1 aliphatic heterocycles. The molecule has 0 aromatic carbocycles. The molecule has 2 N–H and O–H groups in total. The molecule has 7 heteroatoms. The van der Waals surface area contributed by atoms with E-state index in [4.69, 9.17) is 9.15 Å². The lowest BCUT2D eigenvalue weighted by atomic mass is 10.1. The maximum atomic E-state index is 12.8. The van der Waals surface area contributed by atoms with Gasteiger partial charge in [0.15, 0.2) is 0 Å². The molecular weight excluding hydrogens is 322 g/mol. The number of nitrogens with zero attached hydrogens (tertiary/aromatic N) is 1. The van der Waals surface area contributed by atoms with Crippen LogP contribution in [0.5, 0.6) is 0 Å². The van der Waals surface area contributed by atoms with E-state index >= 15 is 0 Å². The number of amides is 2. The largest absolute Gasteiger partial charge is 0.469 e. The average molecular weight is 352 g/mol. The third-order valence-electron chi connectivity index (χ3n) is 4.38. The Bertz CT molecular complexity index is 564. The summed E-state index contributed by atoms with van der Waals surface area (Å²) in [6.45, 7) is 4.92. The van der Waals surface area contributed by atoms with Gasteiger partial charge in [-0.15, -0.1) is 0 Å². The summed E-state index contributed by atoms with van der Waals surface area (Å²) in [7, 11) is 4.09. The Kier molecular flexibility index (Phi) is 7.46. The molecule has 1 atom stereocenters. The third kappa shape index (κ3) is 6.17. The van der Waals surface area contributed by atoms with E-state index in [9.17, 15) is 9.59 Å². The number of nitrogens with one attached hydrogen (secondary N) is 2. The second-order valence-corrected chi connectivity index (χ2v) is 6.83. The number of ether oxygens (including phenoxy) is 1. The van der Waals surface area contributed by atoms with Crippen molar-refractivity contribution >= 4 is 11.8 Å². The minimum absolute atomic E-state index is 0.0321. The molecule has 1 aromatic rings. The fourth-order valence-electron chi connectivity index (χ4n) is 2.86. The Morgan fingerprint density at radius 2 is 2.20 bits per heavy atom. The summed E-state index contributed by atoms with van der Waals surface area (Å²) in [6, 6.07) is 1.68. The SMILES string of the molecule is Cc1occc1C(=O)N(CCC(=O)NCC[NH+](C)C)C[C@@H]1CCCO1. The van der Waals surface area contributed by atoms with Gasteiger partial charge in [0, 0.05) is 26.1 Å². The highest BCUT2D eigenvalue weighted by molar-refractivity contribution is 5.95. The van der Waals surface area contributed by atoms with Crippen LogP contribution in [-0.4, -0.2) is 69.7 Å². The summed E-state index contributed by atoms with van der Waals surface area (Å²) in [6.07, 6.45) is 3.83. The van der Waals surface area contributed by atoms with Crippen LogP contribution in [0.3, 0.4) is 0 Å². The zero-order valence-electron chi connectivity index (χ0n) is 15.5. The number of carbonyl (C=O) groups excluding carboxylic acids is 2. The molecule has 0 aliphatic carbocycles. The van der Waals surface area contributed by atoms with Crippen LogP contribution >= 0.6 is 0 Å². The van der Waals surface area contributed by atoms with Gasteiger partial charge in [-0.05, 0) is 25.8 Å². The molecular formula is C18H30N3O4+. The van der Waals surface area contributed by atoms with Crippen LogP contribution in [0.4, 0.5) is 0 Å². The van der Waals surface area contributed by atoms with E-state index in [1.54, 1.807) is 17.9 Å². The first kappa shape index (κ1) is 19.5. The van der Waals surface area contributed by atoms with Gasteiger partial charge in [0.2, 0.25) is 5.91 Å². The average Bonchev–Trinajstić information content (AvgIpc) is 3.21. The number of aryl methyl sites for hydroxylation is 1. The van der Waals surface area contributed by atoms with Gasteiger partial charge in [-0.2, -0.15) is 0 Å². The minimum atomic E-state index is -0.104. The highest BCUT2D eigenvalue weighted by Gasteiger charge is 2.25. The number of furan rings is 1. The fourth-order valence-corrected chi connectivity index (χ4v) is 2.86. The van der Waals surface area contributed by atoms with Crippen molar-refractivity contribution in [2.45, 2.75) is 32.3 Å². The van der Waals surface area contributed by atoms with Crippen molar-refractivity contribution in [3.05, 3.63) is 23.7 Å². The van der Waals surface area contributed by atoms with Gasteiger partial charge in [0.1, 0.15) is 5.76 Å². The van der Waals surface area contributed by atoms with Gasteiger partial charge in [0.05, 0.1) is 45.1 Å². The molecule has 1 aromatic heterocycles. The van der Waals surface area contributed by atoms with Crippen molar-refractivity contribution in [1.29, 1.82) is 0 Å². The maximum Gasteiger partial charge on any atom is 0.257 e. The van der Waals surface area contributed by atoms with Crippen LogP contribution in [0, 0.1) is 6.92 Å². The maximum absolute atomic E-state index is 12.8. The van der Waals surface area contributed by atoms with Crippen LogP contribution in [0.1, 0.15) is 35.4 Å². The third-order valence-corrected chi connectivity index (χ3v) is 4.38. The lowest BCUT2D eigenvalue weighted by Crippen LogP contribution is -3.06. The summed E-state index contributed by atoms with van der Waals surface area (Å²) in [5.74, 6) is 0.461. The van der Waals surface area contributed by atoms with Crippen LogP contribution in [0.15, 0.2) is 16.7 Å². The quantitative estimate of drug-likeness (QED) is 0.649. The summed E-state index contributed by atoms with van der Waals surface area (Å²) in [4.78, 5) is 27.8. The smallest absolute Gasteiger partial charge is 0.257 e. The topological polar surface area (TPSA) is 76.2 Å². The van der Waals surface area contributed by atoms with E-state index in [1.165, 1.54) is 11.2 Å². The zero-order chi connectivity index (χ0) is 18.2. The molecule has 0 radical (unpaired) electrons. The highest BCUT2D eigenvalue weighted by atomic mass is 16.5. The van der Waals surface area contributed by atoms with Gasteiger partial charge >= 0.3 is 0 Å². The fraction of sp³-hybridized carbons (Fsp3) is 0.667. The van der Waals surface area contributed by atoms with Crippen molar-refractivity contribution in [2.24, 2.45) is 0 Å². The highest BCUT2D eigenvalue weighted by Crippen LogP contribution is 2.17. The molecule has 7 nitrogen and oxygen atoms in total. The normalized spacial score (nSPS) is 17.0. The Labute approximate surface area is 149 Å². The number of likely N-dealkylation sites (N-methyl/N-ethyl adjacent to an activating group) is 1. The first-order valence-electron chi connectivity index (χ1n) is 8.98. The molecule has 1 aliphatic rings. The van der Waals surface area contributed by atoms with E-state index in [2.05, 4.69) is 5.32 Å². The molecule has 0 saturated carbocycles. The van der Waals surface area contributed by atoms with Gasteiger partial charge in [0.25, 0.3) is 5.91 Å². The standard InChI is InChI=1S/C18H29N3O4/c1-14-16(7-12-24-14)18(23)21(13-15-5-4-11-25-15)9-6-17(22)19-8-10-20(2)3/h7,12,15H,4-6,8-11,13H2,1-3H3,(H,19,22)/p+1/t15-/m0/s1. The second-order valence-electron chi connectivity index (χ2n) is 6.83. The predicted molar refractivity (Wildman–Crippen MR) is 93.6 cm³/mol. The summed E-state index contributed by atoms with van der Waals surface area (Å²) >= 11 is 0. The molecule has 1 saturated heterocycles. The van der Waals surface area contributed by atoms with Crippen molar-refractivity contribution in [3.63, 3.8) is 0 Å². The van der Waals surface area contributed by atoms with Gasteiger partial charge in [-0.25, -0.2) is 0 Å². The first-order valence-corrected chi connectivity index (χ1v) is 8.98. The van der Waals surface area contributed by atoms with E-state index in [-0.39, 0.29) is 24.3 Å². The van der Waals surface area contributed by atoms with E-state index in [0.29, 0.717) is 31.0 Å². The van der Waals surface area contributed by atoms with Crippen LogP contribution in [-0.2, 0) is 9.53 Å². The minimum Gasteiger partial charge on any atom is -0.469 e. The number of quaternary nitrogens is 1. The Balaban J connectivity index is 1.91. The summed E-state index contributed by atoms with van der Waals surface area (Å²) < 4.78 is 10.9. The van der Waals surface area contributed by atoms with E-state index in [1.807, 2.05) is 14.1 Å². The number of carbonyl (C=O) groups is 2. The lowest BCUT2D eigenvalue weighted by Gasteiger charge is -2.25. The monoisotopic (exact) mass is 352 g/mol. The molecule has 2 rings (SSSR count). The molecule has 140 valence electrons. The Morgan fingerprint density at radius 3 is 2.80 bits per heavy atom. The molecule has 0 unspecified atom stereocenters. The second kappa shape index (κ2) is 9.58. The van der Waals surface area contributed by atoms with Crippen molar-refractivity contribution in [3.8, 4) is 0 Å². The van der Waals surface area contributed by atoms with Gasteiger partial charge in [-0.3, -0.25) is 9.59 Å². The molecule has 0 spiro atoms. The first-order chi connectivity index (χ1) is 12.0. The molecule has 2 amide bonds. The lowest BCUT2D eigenvalue weighted by molar-refractivity contribution is -0.856. The molecule has 25 heavy (non-hydrogen) atoms. The zero-order valence-corrected chi connectivity index (χ0v) is 15.5. The van der Waals surface area contributed by atoms with Gasteiger partial charge < -0.3 is 24.3 Å². The number of rotatable bonds is 9. The van der Waals surface area contributed by atoms with Crippen molar-refractivity contribution < 1.29 is 23.6 Å². The molecule has 2 heterocycles. The summed E-state index contributed by atoms with van der Waals surface area (Å²) in [5.41, 5.74) is 0.551. The Hall–Kier alpha value is -1.86. The number of hydrogen-bond acceptors (Lipinski definition) is 4. The molecule has 1 fully saturated rings. The molecule has 0 bridgehead atoms. The van der Waals surface area contributed by atoms with Crippen LogP contribution in [0.25, 0.3) is 0 Å². The van der Waals surface area contributed by atoms with Crippen LogP contribution in [0.2, 0.25) is 0 Å². The predicted octanol–water partition coefficient (Wildman–Crippen LogP) is -0.140. The van der Waals surface area contributed by atoms with E-state index < -0.39 is 0 Å². The van der Waals surface area contributed by atoms with E-state index in [0.717, 1.165) is 26.0 Å².